The smallest absolute Gasteiger partial charge is 0.338 e. The van der Waals surface area contributed by atoms with E-state index in [1.54, 1.807) is 4.90 Å². The molecule has 1 amide bonds. The molecule has 1 aromatic rings. The van der Waals surface area contributed by atoms with Gasteiger partial charge in [0.1, 0.15) is 0 Å². The molecule has 0 aliphatic carbocycles. The number of morpholine rings is 2. The van der Waals surface area contributed by atoms with Crippen LogP contribution in [0.2, 0.25) is 0 Å². The number of benzene rings is 1. The molecule has 1 aromatic carbocycles. The maximum Gasteiger partial charge on any atom is 0.338 e. The summed E-state index contributed by atoms with van der Waals surface area (Å²) in [5.74, 6) is -0.954. The Kier molecular flexibility index (Phi) is 6.42. The van der Waals surface area contributed by atoms with Crippen LogP contribution in [0.25, 0.3) is 0 Å². The summed E-state index contributed by atoms with van der Waals surface area (Å²) in [6, 6.07) is 5.50. The summed E-state index contributed by atoms with van der Waals surface area (Å²) in [6.07, 6.45) is 0. The molecule has 2 aliphatic rings. The summed E-state index contributed by atoms with van der Waals surface area (Å²) in [4.78, 5) is 25.8. The molecule has 148 valence electrons. The molecule has 0 aromatic heterocycles. The van der Waals surface area contributed by atoms with Gasteiger partial charge in [-0.15, -0.1) is 0 Å². The third kappa shape index (κ3) is 4.83. The molecule has 2 saturated heterocycles. The summed E-state index contributed by atoms with van der Waals surface area (Å²) >= 11 is 0. The molecule has 10 heteroatoms. The highest BCUT2D eigenvalue weighted by Crippen LogP contribution is 2.18. The summed E-state index contributed by atoms with van der Waals surface area (Å²) in [5.41, 5.74) is 0.186. The van der Waals surface area contributed by atoms with Gasteiger partial charge < -0.3 is 19.1 Å². The molecule has 2 heterocycles. The van der Waals surface area contributed by atoms with E-state index in [0.717, 1.165) is 0 Å². The number of sulfonamides is 1. The number of ether oxygens (including phenoxy) is 3. The Morgan fingerprint density at radius 1 is 0.926 bits per heavy atom. The predicted molar refractivity (Wildman–Crippen MR) is 93.7 cm³/mol. The molecule has 2 fully saturated rings. The highest BCUT2D eigenvalue weighted by Gasteiger charge is 2.26. The van der Waals surface area contributed by atoms with E-state index in [1.807, 2.05) is 0 Å². The lowest BCUT2D eigenvalue weighted by molar-refractivity contribution is -0.138. The number of amides is 1. The van der Waals surface area contributed by atoms with Crippen molar-refractivity contribution in [2.75, 3.05) is 59.2 Å². The standard InChI is InChI=1S/C17H22N2O7S/c20-16(18-5-9-24-10-6-18)13-26-17(21)14-1-3-15(4-2-14)27(22,23)19-7-11-25-12-8-19/h1-4H,5-13H2. The third-order valence-corrected chi connectivity index (χ3v) is 6.30. The van der Waals surface area contributed by atoms with E-state index in [-0.39, 0.29) is 23.0 Å². The fourth-order valence-corrected chi connectivity index (χ4v) is 4.22. The van der Waals surface area contributed by atoms with Crippen LogP contribution in [-0.4, -0.2) is 88.7 Å². The van der Waals surface area contributed by atoms with Crippen LogP contribution in [-0.2, 0) is 29.0 Å². The molecule has 0 atom stereocenters. The van der Waals surface area contributed by atoms with E-state index >= 15 is 0 Å². The van der Waals surface area contributed by atoms with E-state index in [0.29, 0.717) is 52.6 Å². The van der Waals surface area contributed by atoms with Crippen LogP contribution < -0.4 is 0 Å². The van der Waals surface area contributed by atoms with Gasteiger partial charge >= 0.3 is 5.97 Å². The lowest BCUT2D eigenvalue weighted by Crippen LogP contribution is -2.42. The van der Waals surface area contributed by atoms with Gasteiger partial charge in [0.15, 0.2) is 6.61 Å². The summed E-state index contributed by atoms with van der Waals surface area (Å²) < 4.78 is 41.8. The minimum Gasteiger partial charge on any atom is -0.452 e. The molecule has 0 spiro atoms. The van der Waals surface area contributed by atoms with Crippen LogP contribution in [0.3, 0.4) is 0 Å². The van der Waals surface area contributed by atoms with E-state index < -0.39 is 16.0 Å². The van der Waals surface area contributed by atoms with Crippen molar-refractivity contribution in [1.29, 1.82) is 0 Å². The van der Waals surface area contributed by atoms with Crippen LogP contribution >= 0.6 is 0 Å². The second-order valence-electron chi connectivity index (χ2n) is 6.11. The minimum atomic E-state index is -3.62. The number of hydrogen-bond acceptors (Lipinski definition) is 7. The largest absolute Gasteiger partial charge is 0.452 e. The van der Waals surface area contributed by atoms with Crippen molar-refractivity contribution in [3.63, 3.8) is 0 Å². The van der Waals surface area contributed by atoms with Crippen molar-refractivity contribution < 1.29 is 32.2 Å². The Morgan fingerprint density at radius 3 is 2.07 bits per heavy atom. The zero-order chi connectivity index (χ0) is 19.3. The van der Waals surface area contributed by atoms with Gasteiger partial charge in [0.25, 0.3) is 5.91 Å². The van der Waals surface area contributed by atoms with Gasteiger partial charge in [-0.05, 0) is 24.3 Å². The summed E-state index contributed by atoms with van der Waals surface area (Å²) in [5, 5.41) is 0. The average molecular weight is 398 g/mol. The van der Waals surface area contributed by atoms with Crippen LogP contribution in [0.4, 0.5) is 0 Å². The van der Waals surface area contributed by atoms with Crippen molar-refractivity contribution >= 4 is 21.9 Å². The highest BCUT2D eigenvalue weighted by molar-refractivity contribution is 7.89. The van der Waals surface area contributed by atoms with Gasteiger partial charge in [-0.2, -0.15) is 4.31 Å². The molecule has 3 rings (SSSR count). The molecular weight excluding hydrogens is 376 g/mol. The summed E-state index contributed by atoms with van der Waals surface area (Å²) in [6.45, 7) is 2.87. The molecular formula is C17H22N2O7S. The Bertz CT molecular complexity index is 767. The van der Waals surface area contributed by atoms with Crippen LogP contribution in [0.15, 0.2) is 29.2 Å². The fourth-order valence-electron chi connectivity index (χ4n) is 2.81. The fraction of sp³-hybridized carbons (Fsp3) is 0.529. The van der Waals surface area contributed by atoms with Gasteiger partial charge in [-0.25, -0.2) is 13.2 Å². The Balaban J connectivity index is 1.57. The van der Waals surface area contributed by atoms with E-state index in [2.05, 4.69) is 0 Å². The van der Waals surface area contributed by atoms with Gasteiger partial charge in [0, 0.05) is 26.2 Å². The van der Waals surface area contributed by atoms with Gasteiger partial charge in [-0.3, -0.25) is 4.79 Å². The first-order valence-electron chi connectivity index (χ1n) is 8.69. The van der Waals surface area contributed by atoms with Crippen molar-refractivity contribution in [2.45, 2.75) is 4.90 Å². The maximum atomic E-state index is 12.6. The quantitative estimate of drug-likeness (QED) is 0.629. The first-order valence-corrected chi connectivity index (χ1v) is 10.1. The monoisotopic (exact) mass is 398 g/mol. The van der Waals surface area contributed by atoms with Crippen molar-refractivity contribution in [1.82, 2.24) is 9.21 Å². The van der Waals surface area contributed by atoms with E-state index in [4.69, 9.17) is 14.2 Å². The van der Waals surface area contributed by atoms with Crippen molar-refractivity contribution in [3.8, 4) is 0 Å². The average Bonchev–Trinajstić information content (AvgIpc) is 2.73. The van der Waals surface area contributed by atoms with Crippen LogP contribution in [0.5, 0.6) is 0 Å². The number of nitrogens with zero attached hydrogens (tertiary/aromatic N) is 2. The number of hydrogen-bond donors (Lipinski definition) is 0. The van der Waals surface area contributed by atoms with Crippen LogP contribution in [0.1, 0.15) is 10.4 Å². The van der Waals surface area contributed by atoms with Crippen molar-refractivity contribution in [2.24, 2.45) is 0 Å². The number of rotatable bonds is 5. The van der Waals surface area contributed by atoms with Crippen LogP contribution in [0, 0.1) is 0 Å². The lowest BCUT2D eigenvalue weighted by Gasteiger charge is -2.26. The van der Waals surface area contributed by atoms with E-state index in [1.165, 1.54) is 28.6 Å². The molecule has 0 bridgehead atoms. The SMILES string of the molecule is O=C(OCC(=O)N1CCOCC1)c1ccc(S(=O)(=O)N2CCOCC2)cc1. The first-order chi connectivity index (χ1) is 13.0. The zero-order valence-corrected chi connectivity index (χ0v) is 15.7. The Hall–Kier alpha value is -2.01. The molecule has 0 saturated carbocycles. The van der Waals surface area contributed by atoms with Crippen molar-refractivity contribution in [3.05, 3.63) is 29.8 Å². The maximum absolute atomic E-state index is 12.6. The second kappa shape index (κ2) is 8.79. The lowest BCUT2D eigenvalue weighted by atomic mass is 10.2. The molecule has 0 unspecified atom stereocenters. The predicted octanol–water partition coefficient (Wildman–Crippen LogP) is -0.277. The number of esters is 1. The molecule has 0 radical (unpaired) electrons. The molecule has 2 aliphatic heterocycles. The van der Waals surface area contributed by atoms with Gasteiger partial charge in [0.2, 0.25) is 10.0 Å². The number of carbonyl (C=O) groups is 2. The normalized spacial score (nSPS) is 18.9. The number of carbonyl (C=O) groups excluding carboxylic acids is 2. The topological polar surface area (TPSA) is 102 Å². The zero-order valence-electron chi connectivity index (χ0n) is 14.8. The first kappa shape index (κ1) is 19.7. The minimum absolute atomic E-state index is 0.102. The molecule has 0 N–H and O–H groups in total. The Labute approximate surface area is 157 Å². The second-order valence-corrected chi connectivity index (χ2v) is 8.05. The Morgan fingerprint density at radius 2 is 1.48 bits per heavy atom. The highest BCUT2D eigenvalue weighted by atomic mass is 32.2. The van der Waals surface area contributed by atoms with E-state index in [9.17, 15) is 18.0 Å². The third-order valence-electron chi connectivity index (χ3n) is 4.39. The summed E-state index contributed by atoms with van der Waals surface area (Å²) in [7, 11) is -3.62. The molecule has 27 heavy (non-hydrogen) atoms. The van der Waals surface area contributed by atoms with Gasteiger partial charge in [-0.1, -0.05) is 0 Å². The molecule has 9 nitrogen and oxygen atoms in total. The van der Waals surface area contributed by atoms with Gasteiger partial charge in [0.05, 0.1) is 36.9 Å².